The van der Waals surface area contributed by atoms with Crippen LogP contribution in [0.1, 0.15) is 11.4 Å². The molecule has 108 valence electrons. The molecule has 22 heavy (non-hydrogen) atoms. The number of phenols is 1. The van der Waals surface area contributed by atoms with Crippen molar-refractivity contribution in [3.63, 3.8) is 0 Å². The van der Waals surface area contributed by atoms with Crippen molar-refractivity contribution >= 4 is 16.3 Å². The first kappa shape index (κ1) is 13.0. The van der Waals surface area contributed by atoms with Crippen molar-refractivity contribution in [1.29, 1.82) is 0 Å². The largest absolute Gasteiger partial charge is 0.508 e. The van der Waals surface area contributed by atoms with Crippen LogP contribution in [0.4, 0.5) is 0 Å². The van der Waals surface area contributed by atoms with Gasteiger partial charge in [0, 0.05) is 12.0 Å². The molecule has 4 aromatic rings. The van der Waals surface area contributed by atoms with Crippen molar-refractivity contribution in [2.75, 3.05) is 0 Å². The van der Waals surface area contributed by atoms with Gasteiger partial charge in [0.2, 0.25) is 4.96 Å². The lowest BCUT2D eigenvalue weighted by Gasteiger charge is -1.99. The van der Waals surface area contributed by atoms with Gasteiger partial charge in [-0.2, -0.15) is 9.61 Å². The number of benzene rings is 2. The first-order valence-electron chi connectivity index (χ1n) is 6.84. The summed E-state index contributed by atoms with van der Waals surface area (Å²) in [6, 6.07) is 17.1. The average molecular weight is 308 g/mol. The Kier molecular flexibility index (Phi) is 3.08. The van der Waals surface area contributed by atoms with Crippen LogP contribution in [0.15, 0.2) is 54.6 Å². The van der Waals surface area contributed by atoms with Gasteiger partial charge in [0.1, 0.15) is 10.8 Å². The van der Waals surface area contributed by atoms with E-state index in [1.54, 1.807) is 16.6 Å². The highest BCUT2D eigenvalue weighted by atomic mass is 32.1. The minimum Gasteiger partial charge on any atom is -0.508 e. The molecule has 2 heterocycles. The van der Waals surface area contributed by atoms with E-state index in [1.165, 1.54) is 11.3 Å². The van der Waals surface area contributed by atoms with Crippen LogP contribution in [0, 0.1) is 0 Å². The molecule has 0 saturated carbocycles. The molecule has 0 amide bonds. The second kappa shape index (κ2) is 5.23. The molecule has 6 heteroatoms. The zero-order chi connectivity index (χ0) is 14.9. The fourth-order valence-electron chi connectivity index (χ4n) is 2.26. The fraction of sp³-hybridized carbons (Fsp3) is 0.0625. The summed E-state index contributed by atoms with van der Waals surface area (Å²) in [5.41, 5.74) is 2.13. The number of aromatic hydroxyl groups is 1. The van der Waals surface area contributed by atoms with Crippen LogP contribution in [0.25, 0.3) is 15.5 Å². The highest BCUT2D eigenvalue weighted by Crippen LogP contribution is 2.25. The molecule has 0 saturated heterocycles. The summed E-state index contributed by atoms with van der Waals surface area (Å²) < 4.78 is 1.79. The van der Waals surface area contributed by atoms with Gasteiger partial charge in [-0.25, -0.2) is 0 Å². The van der Waals surface area contributed by atoms with Gasteiger partial charge in [-0.1, -0.05) is 53.8 Å². The highest BCUT2D eigenvalue weighted by molar-refractivity contribution is 7.19. The number of phenolic OH excluding ortho intramolecular Hbond substituents is 1. The molecule has 0 spiro atoms. The first-order chi connectivity index (χ1) is 10.8. The molecule has 2 aromatic carbocycles. The van der Waals surface area contributed by atoms with Crippen LogP contribution in [0.5, 0.6) is 5.75 Å². The van der Waals surface area contributed by atoms with Gasteiger partial charge in [0.05, 0.1) is 0 Å². The van der Waals surface area contributed by atoms with Crippen LogP contribution in [-0.2, 0) is 6.42 Å². The highest BCUT2D eigenvalue weighted by Gasteiger charge is 2.13. The smallest absolute Gasteiger partial charge is 0.234 e. The molecule has 0 aliphatic carbocycles. The minimum atomic E-state index is 0.259. The van der Waals surface area contributed by atoms with Gasteiger partial charge in [-0.3, -0.25) is 0 Å². The maximum atomic E-state index is 9.34. The molecule has 0 aliphatic rings. The van der Waals surface area contributed by atoms with Crippen molar-refractivity contribution in [3.05, 3.63) is 66.0 Å². The summed E-state index contributed by atoms with van der Waals surface area (Å²) in [5.74, 6) is 1.05. The van der Waals surface area contributed by atoms with Crippen LogP contribution < -0.4 is 0 Å². The van der Waals surface area contributed by atoms with Crippen LogP contribution >= 0.6 is 11.3 Å². The summed E-state index contributed by atoms with van der Waals surface area (Å²) in [7, 11) is 0. The Morgan fingerprint density at radius 2 is 1.73 bits per heavy atom. The molecular weight excluding hydrogens is 296 g/mol. The Bertz CT molecular complexity index is 912. The van der Waals surface area contributed by atoms with Crippen LogP contribution in [-0.4, -0.2) is 24.9 Å². The zero-order valence-corrected chi connectivity index (χ0v) is 12.4. The number of hydrogen-bond acceptors (Lipinski definition) is 5. The Balaban J connectivity index is 1.70. The third-order valence-electron chi connectivity index (χ3n) is 3.37. The maximum absolute atomic E-state index is 9.34. The zero-order valence-electron chi connectivity index (χ0n) is 11.5. The summed E-state index contributed by atoms with van der Waals surface area (Å²) in [6.07, 6.45) is 0.624. The predicted molar refractivity (Wildman–Crippen MR) is 85.0 cm³/mol. The predicted octanol–water partition coefficient (Wildman–Crippen LogP) is 3.15. The van der Waals surface area contributed by atoms with E-state index in [0.29, 0.717) is 6.42 Å². The summed E-state index contributed by atoms with van der Waals surface area (Å²) in [6.45, 7) is 0. The molecule has 1 N–H and O–H groups in total. The molecule has 0 fully saturated rings. The molecule has 0 aliphatic heterocycles. The Morgan fingerprint density at radius 1 is 0.955 bits per heavy atom. The molecule has 0 atom stereocenters. The fourth-order valence-corrected chi connectivity index (χ4v) is 3.13. The standard InChI is InChI=1S/C16H12N4OS/c21-13-8-6-11(7-9-13)10-14-17-18-16-20(14)19-15(22-16)12-4-2-1-3-5-12/h1-9,21H,10H2. The third-order valence-corrected chi connectivity index (χ3v) is 4.32. The van der Waals surface area contributed by atoms with E-state index in [9.17, 15) is 5.11 Å². The number of hydrogen-bond donors (Lipinski definition) is 1. The number of aromatic nitrogens is 4. The van der Waals surface area contributed by atoms with E-state index in [-0.39, 0.29) is 5.75 Å². The van der Waals surface area contributed by atoms with Gasteiger partial charge >= 0.3 is 0 Å². The van der Waals surface area contributed by atoms with Crippen molar-refractivity contribution in [2.24, 2.45) is 0 Å². The lowest BCUT2D eigenvalue weighted by molar-refractivity contribution is 0.475. The number of nitrogens with zero attached hydrogens (tertiary/aromatic N) is 4. The van der Waals surface area contributed by atoms with Crippen molar-refractivity contribution < 1.29 is 5.11 Å². The van der Waals surface area contributed by atoms with E-state index < -0.39 is 0 Å². The van der Waals surface area contributed by atoms with E-state index in [2.05, 4.69) is 15.3 Å². The molecule has 0 unspecified atom stereocenters. The Morgan fingerprint density at radius 3 is 2.50 bits per heavy atom. The second-order valence-electron chi connectivity index (χ2n) is 4.93. The van der Waals surface area contributed by atoms with Crippen LogP contribution in [0.2, 0.25) is 0 Å². The van der Waals surface area contributed by atoms with Crippen molar-refractivity contribution in [3.8, 4) is 16.3 Å². The van der Waals surface area contributed by atoms with E-state index in [4.69, 9.17) is 0 Å². The Hall–Kier alpha value is -2.73. The van der Waals surface area contributed by atoms with E-state index >= 15 is 0 Å². The van der Waals surface area contributed by atoms with Gasteiger partial charge in [0.15, 0.2) is 5.82 Å². The minimum absolute atomic E-state index is 0.259. The topological polar surface area (TPSA) is 63.3 Å². The SMILES string of the molecule is Oc1ccc(Cc2nnc3sc(-c4ccccc4)nn23)cc1. The molecule has 2 aromatic heterocycles. The van der Waals surface area contributed by atoms with Crippen LogP contribution in [0.3, 0.4) is 0 Å². The first-order valence-corrected chi connectivity index (χ1v) is 7.66. The summed E-state index contributed by atoms with van der Waals surface area (Å²) in [5, 5.41) is 23.3. The third kappa shape index (κ3) is 2.33. The normalized spacial score (nSPS) is 11.1. The summed E-state index contributed by atoms with van der Waals surface area (Å²) in [4.78, 5) is 0.785. The molecule has 4 rings (SSSR count). The molecule has 0 radical (unpaired) electrons. The monoisotopic (exact) mass is 308 g/mol. The lowest BCUT2D eigenvalue weighted by atomic mass is 10.1. The van der Waals surface area contributed by atoms with Crippen molar-refractivity contribution in [1.82, 2.24) is 19.8 Å². The average Bonchev–Trinajstić information content (AvgIpc) is 3.12. The van der Waals surface area contributed by atoms with E-state index in [0.717, 1.165) is 26.9 Å². The lowest BCUT2D eigenvalue weighted by Crippen LogP contribution is -1.97. The second-order valence-corrected chi connectivity index (χ2v) is 5.88. The number of fused-ring (bicyclic) bond motifs is 1. The maximum Gasteiger partial charge on any atom is 0.234 e. The van der Waals surface area contributed by atoms with Gasteiger partial charge in [-0.15, -0.1) is 10.2 Å². The quantitative estimate of drug-likeness (QED) is 0.631. The molecule has 0 bridgehead atoms. The van der Waals surface area contributed by atoms with Gasteiger partial charge in [-0.05, 0) is 17.7 Å². The van der Waals surface area contributed by atoms with Gasteiger partial charge < -0.3 is 5.11 Å². The summed E-state index contributed by atoms with van der Waals surface area (Å²) >= 11 is 1.52. The van der Waals surface area contributed by atoms with E-state index in [1.807, 2.05) is 42.5 Å². The van der Waals surface area contributed by atoms with Crippen molar-refractivity contribution in [2.45, 2.75) is 6.42 Å². The van der Waals surface area contributed by atoms with Gasteiger partial charge in [0.25, 0.3) is 0 Å². The number of rotatable bonds is 3. The molecule has 5 nitrogen and oxygen atoms in total. The Labute approximate surface area is 130 Å². The molecular formula is C16H12N4OS.